The van der Waals surface area contributed by atoms with Gasteiger partial charge in [0.05, 0.1) is 30.6 Å². The smallest absolute Gasteiger partial charge is 0.322 e. The number of halogens is 4. The van der Waals surface area contributed by atoms with Crippen molar-refractivity contribution in [2.24, 2.45) is 0 Å². The van der Waals surface area contributed by atoms with E-state index in [1.54, 1.807) is 0 Å². The lowest BCUT2D eigenvalue weighted by molar-refractivity contribution is -0.0248. The van der Waals surface area contributed by atoms with Crippen molar-refractivity contribution < 1.29 is 27.5 Å². The van der Waals surface area contributed by atoms with E-state index < -0.39 is 41.7 Å². The minimum atomic E-state index is -3.21. The molecule has 1 aromatic heterocycles. The molecule has 0 saturated heterocycles. The van der Waals surface area contributed by atoms with Crippen molar-refractivity contribution in [3.63, 3.8) is 0 Å². The number of fused-ring (bicyclic) bond motifs is 3. The lowest BCUT2D eigenvalue weighted by Crippen LogP contribution is -2.39. The van der Waals surface area contributed by atoms with Crippen molar-refractivity contribution >= 4 is 11.7 Å². The van der Waals surface area contributed by atoms with E-state index in [1.807, 2.05) is 0 Å². The third-order valence-corrected chi connectivity index (χ3v) is 5.35. The summed E-state index contributed by atoms with van der Waals surface area (Å²) in [6, 6.07) is 2.46. The van der Waals surface area contributed by atoms with Crippen molar-refractivity contribution in [1.82, 2.24) is 14.7 Å². The average molecular weight is 423 g/mol. The van der Waals surface area contributed by atoms with Crippen molar-refractivity contribution in [3.8, 4) is 6.07 Å². The van der Waals surface area contributed by atoms with E-state index in [-0.39, 0.29) is 49.4 Å². The number of nitrogens with zero attached hydrogens (tertiary/aromatic N) is 4. The summed E-state index contributed by atoms with van der Waals surface area (Å²) in [6.45, 7) is -0.0741. The molecule has 0 spiro atoms. The van der Waals surface area contributed by atoms with Gasteiger partial charge in [0.25, 0.3) is 5.92 Å². The van der Waals surface area contributed by atoms with E-state index in [1.165, 1.54) is 11.0 Å². The summed E-state index contributed by atoms with van der Waals surface area (Å²) in [4.78, 5) is 13.8. The Morgan fingerprint density at radius 1 is 1.37 bits per heavy atom. The lowest BCUT2D eigenvalue weighted by atomic mass is 10.00. The zero-order valence-electron chi connectivity index (χ0n) is 15.6. The second-order valence-corrected chi connectivity index (χ2v) is 7.35. The Morgan fingerprint density at radius 3 is 2.87 bits per heavy atom. The Balaban J connectivity index is 1.60. The first-order chi connectivity index (χ1) is 14.2. The third kappa shape index (κ3) is 3.37. The minimum absolute atomic E-state index is 0.0537. The highest BCUT2D eigenvalue weighted by Gasteiger charge is 2.43. The predicted molar refractivity (Wildman–Crippen MR) is 95.6 cm³/mol. The number of hydrogen-bond donors (Lipinski definition) is 2. The van der Waals surface area contributed by atoms with E-state index in [9.17, 15) is 27.5 Å². The Labute approximate surface area is 168 Å². The first-order valence-electron chi connectivity index (χ1n) is 9.30. The molecule has 0 fully saturated rings. The van der Waals surface area contributed by atoms with Crippen LogP contribution in [0.15, 0.2) is 12.1 Å². The lowest BCUT2D eigenvalue weighted by Gasteiger charge is -2.28. The van der Waals surface area contributed by atoms with Crippen LogP contribution in [0.1, 0.15) is 35.4 Å². The molecule has 0 aliphatic carbocycles. The van der Waals surface area contributed by atoms with Gasteiger partial charge in [-0.3, -0.25) is 4.68 Å². The number of hydrogen-bond acceptors (Lipinski definition) is 4. The third-order valence-electron chi connectivity index (χ3n) is 5.35. The van der Waals surface area contributed by atoms with E-state index >= 15 is 0 Å². The van der Waals surface area contributed by atoms with Crippen LogP contribution < -0.4 is 5.32 Å². The number of nitrogens with one attached hydrogen (secondary N) is 1. The molecule has 30 heavy (non-hydrogen) atoms. The van der Waals surface area contributed by atoms with Gasteiger partial charge in [0.2, 0.25) is 0 Å². The fourth-order valence-electron chi connectivity index (χ4n) is 3.84. The van der Waals surface area contributed by atoms with Gasteiger partial charge in [-0.05, 0) is 18.6 Å². The number of urea groups is 1. The number of anilines is 1. The Hall–Kier alpha value is -3.13. The van der Waals surface area contributed by atoms with Crippen LogP contribution in [0.5, 0.6) is 0 Å². The number of carbonyl (C=O) groups excluding carboxylic acids is 1. The number of aliphatic hydroxyl groups excluding tert-OH is 1. The standard InChI is InChI=1S/C19H17F4N5O2/c20-13-1-2-15(16(21)11(13)7-24)25-18(30)27-6-4-14-12(9-27)17-19(22,23)5-3-10(29)8-28(17)26-14/h1-2,10,29H,3-6,8-9H2,(H,25,30)/t10-/m0/s1. The molecule has 4 rings (SSSR count). The number of amides is 2. The molecule has 158 valence electrons. The molecule has 2 N–H and O–H groups in total. The van der Waals surface area contributed by atoms with Crippen LogP contribution in [0.4, 0.5) is 28.0 Å². The maximum atomic E-state index is 14.7. The van der Waals surface area contributed by atoms with Gasteiger partial charge < -0.3 is 15.3 Å². The number of alkyl halides is 2. The summed E-state index contributed by atoms with van der Waals surface area (Å²) in [5, 5.41) is 25.2. The van der Waals surface area contributed by atoms with Gasteiger partial charge in [-0.15, -0.1) is 0 Å². The van der Waals surface area contributed by atoms with Gasteiger partial charge in [-0.25, -0.2) is 13.6 Å². The summed E-state index contributed by atoms with van der Waals surface area (Å²) in [5.41, 5.74) is -0.874. The van der Waals surface area contributed by atoms with Crippen LogP contribution in [0.2, 0.25) is 0 Å². The molecule has 7 nitrogen and oxygen atoms in total. The van der Waals surface area contributed by atoms with Crippen LogP contribution in [-0.2, 0) is 25.4 Å². The Kier molecular flexibility index (Phi) is 4.89. The first-order valence-corrected chi connectivity index (χ1v) is 9.30. The number of rotatable bonds is 1. The second-order valence-electron chi connectivity index (χ2n) is 7.35. The Morgan fingerprint density at radius 2 is 2.13 bits per heavy atom. The molecule has 2 aliphatic heterocycles. The van der Waals surface area contributed by atoms with E-state index in [0.717, 1.165) is 16.8 Å². The zero-order valence-corrected chi connectivity index (χ0v) is 15.6. The molecular weight excluding hydrogens is 406 g/mol. The summed E-state index contributed by atoms with van der Waals surface area (Å²) in [6.07, 6.45) is -1.32. The topological polar surface area (TPSA) is 94.2 Å². The first kappa shape index (κ1) is 20.2. The highest BCUT2D eigenvalue weighted by Crippen LogP contribution is 2.40. The molecule has 1 aromatic carbocycles. The minimum Gasteiger partial charge on any atom is -0.391 e. The van der Waals surface area contributed by atoms with Crippen molar-refractivity contribution in [3.05, 3.63) is 46.3 Å². The maximum absolute atomic E-state index is 14.7. The summed E-state index contributed by atoms with van der Waals surface area (Å²) >= 11 is 0. The molecule has 0 saturated carbocycles. The fraction of sp³-hybridized carbons (Fsp3) is 0.421. The highest BCUT2D eigenvalue weighted by molar-refractivity contribution is 5.90. The van der Waals surface area contributed by atoms with Crippen molar-refractivity contribution in [2.75, 3.05) is 11.9 Å². The van der Waals surface area contributed by atoms with Crippen molar-refractivity contribution in [1.29, 1.82) is 5.26 Å². The number of aromatic nitrogens is 2. The SMILES string of the molecule is N#Cc1c(F)ccc(NC(=O)N2CCc3nn4c(c3C2)C(F)(F)CC[C@H](O)C4)c1F. The van der Waals surface area contributed by atoms with Crippen LogP contribution in [0.3, 0.4) is 0 Å². The van der Waals surface area contributed by atoms with Gasteiger partial charge >= 0.3 is 6.03 Å². The average Bonchev–Trinajstić information content (AvgIpc) is 3.01. The zero-order chi connectivity index (χ0) is 21.6. The van der Waals surface area contributed by atoms with Gasteiger partial charge in [-0.1, -0.05) is 0 Å². The normalized spacial score (nSPS) is 20.0. The monoisotopic (exact) mass is 423 g/mol. The van der Waals surface area contributed by atoms with Crippen LogP contribution in [0, 0.1) is 23.0 Å². The Bertz CT molecular complexity index is 1060. The highest BCUT2D eigenvalue weighted by atomic mass is 19.3. The maximum Gasteiger partial charge on any atom is 0.322 e. The van der Waals surface area contributed by atoms with Crippen LogP contribution >= 0.6 is 0 Å². The molecular formula is C19H17F4N5O2. The van der Waals surface area contributed by atoms with Gasteiger partial charge in [0.15, 0.2) is 5.82 Å². The molecule has 2 amide bonds. The summed E-state index contributed by atoms with van der Waals surface area (Å²) in [5.74, 6) is -5.46. The number of nitriles is 1. The number of aliphatic hydroxyl groups is 1. The summed E-state index contributed by atoms with van der Waals surface area (Å²) in [7, 11) is 0. The van der Waals surface area contributed by atoms with E-state index in [2.05, 4.69) is 10.4 Å². The molecule has 3 heterocycles. The van der Waals surface area contributed by atoms with Gasteiger partial charge in [-0.2, -0.15) is 19.1 Å². The van der Waals surface area contributed by atoms with Crippen LogP contribution in [-0.4, -0.2) is 38.5 Å². The van der Waals surface area contributed by atoms with Gasteiger partial charge in [0, 0.05) is 24.9 Å². The molecule has 2 aliphatic rings. The van der Waals surface area contributed by atoms with E-state index in [4.69, 9.17) is 5.26 Å². The van der Waals surface area contributed by atoms with Crippen molar-refractivity contribution in [2.45, 2.75) is 44.4 Å². The molecule has 2 aromatic rings. The molecule has 11 heteroatoms. The molecule has 0 unspecified atom stereocenters. The molecule has 0 bridgehead atoms. The quantitative estimate of drug-likeness (QED) is 0.690. The molecule has 0 radical (unpaired) electrons. The number of carbonyl (C=O) groups is 1. The van der Waals surface area contributed by atoms with Gasteiger partial charge in [0.1, 0.15) is 23.1 Å². The fourth-order valence-corrected chi connectivity index (χ4v) is 3.84. The second kappa shape index (κ2) is 7.28. The van der Waals surface area contributed by atoms with E-state index in [0.29, 0.717) is 5.69 Å². The summed E-state index contributed by atoms with van der Waals surface area (Å²) < 4.78 is 58.2. The number of benzene rings is 1. The largest absolute Gasteiger partial charge is 0.391 e. The predicted octanol–water partition coefficient (Wildman–Crippen LogP) is 2.87. The van der Waals surface area contributed by atoms with Crippen LogP contribution in [0.25, 0.3) is 0 Å². The molecule has 1 atom stereocenters.